The summed E-state index contributed by atoms with van der Waals surface area (Å²) in [5.41, 5.74) is 2.37. The Kier molecular flexibility index (Phi) is 5.09. The Hall–Kier alpha value is -2.17. The van der Waals surface area contributed by atoms with Crippen LogP contribution in [0.4, 0.5) is 16.0 Å². The SMILES string of the molecule is CCCNc1cc(NCc2cc(C)c(F)c(C)c2)ncn1. The molecule has 1 heterocycles. The number of benzene rings is 1. The van der Waals surface area contributed by atoms with Crippen LogP contribution < -0.4 is 10.6 Å². The molecule has 0 radical (unpaired) electrons. The number of hydrogen-bond donors (Lipinski definition) is 2. The molecule has 1 aromatic heterocycles. The van der Waals surface area contributed by atoms with Crippen LogP contribution in [0.3, 0.4) is 0 Å². The lowest BCUT2D eigenvalue weighted by atomic mass is 10.1. The number of aryl methyl sites for hydroxylation is 2. The van der Waals surface area contributed by atoms with Gasteiger partial charge in [-0.1, -0.05) is 19.1 Å². The van der Waals surface area contributed by atoms with Gasteiger partial charge in [-0.25, -0.2) is 14.4 Å². The number of anilines is 2. The maximum absolute atomic E-state index is 13.6. The van der Waals surface area contributed by atoms with E-state index in [2.05, 4.69) is 27.5 Å². The molecule has 2 rings (SSSR count). The predicted octanol–water partition coefficient (Wildman–Crippen LogP) is 3.67. The molecule has 2 N–H and O–H groups in total. The van der Waals surface area contributed by atoms with Crippen LogP contribution in [0.2, 0.25) is 0 Å². The van der Waals surface area contributed by atoms with Crippen LogP contribution in [-0.4, -0.2) is 16.5 Å². The topological polar surface area (TPSA) is 49.8 Å². The van der Waals surface area contributed by atoms with E-state index in [1.165, 1.54) is 6.33 Å². The number of nitrogens with one attached hydrogen (secondary N) is 2. The Balaban J connectivity index is 2.03. The second kappa shape index (κ2) is 7.02. The van der Waals surface area contributed by atoms with Gasteiger partial charge in [0.2, 0.25) is 0 Å². The van der Waals surface area contributed by atoms with Crippen molar-refractivity contribution in [2.75, 3.05) is 17.2 Å². The van der Waals surface area contributed by atoms with Gasteiger partial charge < -0.3 is 10.6 Å². The third-order valence-corrected chi connectivity index (χ3v) is 3.19. The van der Waals surface area contributed by atoms with Gasteiger partial charge >= 0.3 is 0 Å². The molecule has 0 unspecified atom stereocenters. The van der Waals surface area contributed by atoms with Crippen LogP contribution in [0.15, 0.2) is 24.5 Å². The number of hydrogen-bond acceptors (Lipinski definition) is 4. The predicted molar refractivity (Wildman–Crippen MR) is 84.0 cm³/mol. The molecular weight excluding hydrogens is 267 g/mol. The summed E-state index contributed by atoms with van der Waals surface area (Å²) >= 11 is 0. The van der Waals surface area contributed by atoms with E-state index in [0.717, 1.165) is 30.2 Å². The molecule has 0 aliphatic rings. The summed E-state index contributed by atoms with van der Waals surface area (Å²) in [7, 11) is 0. The first-order valence-electron chi connectivity index (χ1n) is 7.15. The summed E-state index contributed by atoms with van der Waals surface area (Å²) in [5, 5.41) is 6.46. The lowest BCUT2D eigenvalue weighted by Gasteiger charge is -2.10. The molecule has 0 aliphatic heterocycles. The average Bonchev–Trinajstić information content (AvgIpc) is 2.49. The standard InChI is InChI=1S/C16H21FN4/c1-4-5-18-14-8-15(21-10-20-14)19-9-13-6-11(2)16(17)12(3)7-13/h6-8,10H,4-5,9H2,1-3H3,(H2,18,19,20,21). The second-order valence-corrected chi connectivity index (χ2v) is 5.11. The molecular formula is C16H21FN4. The zero-order chi connectivity index (χ0) is 15.2. The van der Waals surface area contributed by atoms with Crippen LogP contribution in [-0.2, 0) is 6.54 Å². The van der Waals surface area contributed by atoms with Crippen LogP contribution in [0, 0.1) is 19.7 Å². The number of aromatic nitrogens is 2. The maximum Gasteiger partial charge on any atom is 0.131 e. The summed E-state index contributed by atoms with van der Waals surface area (Å²) in [6.07, 6.45) is 2.57. The zero-order valence-corrected chi connectivity index (χ0v) is 12.7. The quantitative estimate of drug-likeness (QED) is 0.851. The molecule has 0 atom stereocenters. The molecule has 0 amide bonds. The van der Waals surface area contributed by atoms with E-state index in [1.807, 2.05) is 18.2 Å². The van der Waals surface area contributed by atoms with E-state index < -0.39 is 0 Å². The molecule has 112 valence electrons. The largest absolute Gasteiger partial charge is 0.370 e. The van der Waals surface area contributed by atoms with E-state index in [-0.39, 0.29) is 5.82 Å². The molecule has 0 bridgehead atoms. The van der Waals surface area contributed by atoms with Gasteiger partial charge in [0.1, 0.15) is 23.8 Å². The Bertz CT molecular complexity index is 590. The lowest BCUT2D eigenvalue weighted by molar-refractivity contribution is 0.608. The van der Waals surface area contributed by atoms with Crippen LogP contribution in [0.25, 0.3) is 0 Å². The first-order chi connectivity index (χ1) is 10.1. The lowest BCUT2D eigenvalue weighted by Crippen LogP contribution is -2.06. The van der Waals surface area contributed by atoms with Gasteiger partial charge in [0.05, 0.1) is 0 Å². The van der Waals surface area contributed by atoms with Gasteiger partial charge in [0, 0.05) is 19.2 Å². The molecule has 0 aliphatic carbocycles. The highest BCUT2D eigenvalue weighted by Gasteiger charge is 2.05. The van der Waals surface area contributed by atoms with Crippen molar-refractivity contribution in [3.8, 4) is 0 Å². The van der Waals surface area contributed by atoms with Gasteiger partial charge in [-0.3, -0.25) is 0 Å². The molecule has 5 heteroatoms. The Morgan fingerprint density at radius 1 is 1.00 bits per heavy atom. The Morgan fingerprint density at radius 3 is 2.24 bits per heavy atom. The Labute approximate surface area is 124 Å². The van der Waals surface area contributed by atoms with Crippen molar-refractivity contribution in [1.29, 1.82) is 0 Å². The number of rotatable bonds is 6. The minimum absolute atomic E-state index is 0.133. The first kappa shape index (κ1) is 15.2. The summed E-state index contributed by atoms with van der Waals surface area (Å²) in [6, 6.07) is 5.58. The fourth-order valence-electron chi connectivity index (χ4n) is 2.13. The van der Waals surface area contributed by atoms with Crippen molar-refractivity contribution in [2.45, 2.75) is 33.7 Å². The van der Waals surface area contributed by atoms with Crippen molar-refractivity contribution in [1.82, 2.24) is 9.97 Å². The molecule has 0 fully saturated rings. The third kappa shape index (κ3) is 4.15. The third-order valence-electron chi connectivity index (χ3n) is 3.19. The second-order valence-electron chi connectivity index (χ2n) is 5.11. The summed E-state index contributed by atoms with van der Waals surface area (Å²) < 4.78 is 13.6. The molecule has 0 spiro atoms. The summed E-state index contributed by atoms with van der Waals surface area (Å²) in [6.45, 7) is 7.15. The van der Waals surface area contributed by atoms with Crippen molar-refractivity contribution in [3.63, 3.8) is 0 Å². The fraction of sp³-hybridized carbons (Fsp3) is 0.375. The van der Waals surface area contributed by atoms with E-state index in [0.29, 0.717) is 17.7 Å². The van der Waals surface area contributed by atoms with Crippen molar-refractivity contribution < 1.29 is 4.39 Å². The minimum Gasteiger partial charge on any atom is -0.370 e. The van der Waals surface area contributed by atoms with Gasteiger partial charge in [-0.05, 0) is 37.0 Å². The van der Waals surface area contributed by atoms with Gasteiger partial charge in [-0.15, -0.1) is 0 Å². The van der Waals surface area contributed by atoms with Crippen LogP contribution >= 0.6 is 0 Å². The molecule has 2 aromatic rings. The maximum atomic E-state index is 13.6. The number of nitrogens with zero attached hydrogens (tertiary/aromatic N) is 2. The van der Waals surface area contributed by atoms with Gasteiger partial charge in [0.15, 0.2) is 0 Å². The van der Waals surface area contributed by atoms with Crippen LogP contribution in [0.1, 0.15) is 30.0 Å². The monoisotopic (exact) mass is 288 g/mol. The van der Waals surface area contributed by atoms with Crippen LogP contribution in [0.5, 0.6) is 0 Å². The van der Waals surface area contributed by atoms with E-state index in [1.54, 1.807) is 13.8 Å². The highest BCUT2D eigenvalue weighted by Crippen LogP contribution is 2.16. The molecule has 4 nitrogen and oxygen atoms in total. The fourth-order valence-corrected chi connectivity index (χ4v) is 2.13. The summed E-state index contributed by atoms with van der Waals surface area (Å²) in [4.78, 5) is 8.35. The smallest absolute Gasteiger partial charge is 0.131 e. The van der Waals surface area contributed by atoms with Crippen molar-refractivity contribution in [2.24, 2.45) is 0 Å². The van der Waals surface area contributed by atoms with Gasteiger partial charge in [-0.2, -0.15) is 0 Å². The Morgan fingerprint density at radius 2 is 1.62 bits per heavy atom. The summed E-state index contributed by atoms with van der Waals surface area (Å²) in [5.74, 6) is 1.43. The molecule has 0 saturated heterocycles. The minimum atomic E-state index is -0.133. The first-order valence-corrected chi connectivity index (χ1v) is 7.15. The number of halogens is 1. The van der Waals surface area contributed by atoms with E-state index >= 15 is 0 Å². The molecule has 0 saturated carbocycles. The molecule has 1 aromatic carbocycles. The molecule has 21 heavy (non-hydrogen) atoms. The van der Waals surface area contributed by atoms with E-state index in [9.17, 15) is 4.39 Å². The highest BCUT2D eigenvalue weighted by molar-refractivity contribution is 5.47. The van der Waals surface area contributed by atoms with Crippen molar-refractivity contribution in [3.05, 3.63) is 47.0 Å². The zero-order valence-electron chi connectivity index (χ0n) is 12.7. The van der Waals surface area contributed by atoms with Gasteiger partial charge in [0.25, 0.3) is 0 Å². The highest BCUT2D eigenvalue weighted by atomic mass is 19.1. The van der Waals surface area contributed by atoms with E-state index in [4.69, 9.17) is 0 Å². The normalized spacial score (nSPS) is 10.5. The average molecular weight is 288 g/mol. The van der Waals surface area contributed by atoms with Crippen molar-refractivity contribution >= 4 is 11.6 Å².